The summed E-state index contributed by atoms with van der Waals surface area (Å²) in [4.78, 5) is 20.9. The average molecular weight is 401 g/mol. The second-order valence-corrected chi connectivity index (χ2v) is 6.11. The fourth-order valence-electron chi connectivity index (χ4n) is 2.93. The lowest BCUT2D eigenvalue weighted by Gasteiger charge is -2.13. The van der Waals surface area contributed by atoms with Crippen LogP contribution < -0.4 is 16.2 Å². The van der Waals surface area contributed by atoms with Crippen molar-refractivity contribution in [2.45, 2.75) is 13.1 Å². The highest BCUT2D eigenvalue weighted by molar-refractivity contribution is 5.95. The minimum atomic E-state index is -4.54. The van der Waals surface area contributed by atoms with Gasteiger partial charge in [0.05, 0.1) is 23.2 Å². The van der Waals surface area contributed by atoms with Crippen molar-refractivity contribution in [3.63, 3.8) is 0 Å². The number of carbonyl (C=O) groups is 1. The maximum atomic E-state index is 13.4. The highest BCUT2D eigenvalue weighted by Crippen LogP contribution is 2.36. The first-order valence-electron chi connectivity index (χ1n) is 8.42. The molecule has 148 valence electrons. The maximum Gasteiger partial charge on any atom is 0.417 e. The van der Waals surface area contributed by atoms with E-state index in [9.17, 15) is 18.0 Å². The number of hydrogen-bond donors (Lipinski definition) is 3. The van der Waals surface area contributed by atoms with Crippen LogP contribution in [-0.2, 0) is 6.18 Å². The topological polar surface area (TPSA) is 95.7 Å². The van der Waals surface area contributed by atoms with Gasteiger partial charge in [0.1, 0.15) is 6.34 Å². The molecule has 2 aromatic heterocycles. The van der Waals surface area contributed by atoms with Crippen molar-refractivity contribution in [2.75, 3.05) is 0 Å². The molecule has 4 rings (SSSR count). The summed E-state index contributed by atoms with van der Waals surface area (Å²) in [7, 11) is 0. The molecular weight excluding hydrogens is 387 g/mol. The Labute approximate surface area is 162 Å². The predicted molar refractivity (Wildman–Crippen MR) is 98.5 cm³/mol. The van der Waals surface area contributed by atoms with E-state index < -0.39 is 17.6 Å². The molecule has 1 aliphatic rings. The van der Waals surface area contributed by atoms with E-state index in [0.29, 0.717) is 11.3 Å². The first kappa shape index (κ1) is 18.5. The Hall–Kier alpha value is -3.89. The van der Waals surface area contributed by atoms with Crippen molar-refractivity contribution in [2.24, 2.45) is 4.99 Å². The molecule has 0 bridgehead atoms. The third kappa shape index (κ3) is 3.49. The van der Waals surface area contributed by atoms with Crippen LogP contribution in [0, 0.1) is 6.92 Å². The summed E-state index contributed by atoms with van der Waals surface area (Å²) in [6.07, 6.45) is -1.75. The minimum absolute atomic E-state index is 0.0673. The van der Waals surface area contributed by atoms with Crippen molar-refractivity contribution >= 4 is 17.9 Å². The van der Waals surface area contributed by atoms with Crippen molar-refractivity contribution in [1.29, 1.82) is 0 Å². The third-order valence-electron chi connectivity index (χ3n) is 4.18. The van der Waals surface area contributed by atoms with E-state index >= 15 is 0 Å². The van der Waals surface area contributed by atoms with Crippen LogP contribution in [0.5, 0.6) is 0 Å². The Morgan fingerprint density at radius 1 is 1.14 bits per heavy atom. The Morgan fingerprint density at radius 3 is 2.66 bits per heavy atom. The number of halogens is 3. The second-order valence-electron chi connectivity index (χ2n) is 6.11. The van der Waals surface area contributed by atoms with E-state index in [-0.39, 0.29) is 22.8 Å². The molecule has 0 radical (unpaired) electrons. The smallest absolute Gasteiger partial charge is 0.304 e. The van der Waals surface area contributed by atoms with E-state index in [1.807, 2.05) is 0 Å². The molecule has 3 heterocycles. The number of hydrogen-bond acceptors (Lipinski definition) is 6. The summed E-state index contributed by atoms with van der Waals surface area (Å²) < 4.78 is 41.4. The lowest BCUT2D eigenvalue weighted by molar-refractivity contribution is -0.137. The molecular formula is C18H14F3N7O. The number of benzene rings is 1. The van der Waals surface area contributed by atoms with Gasteiger partial charge in [0, 0.05) is 5.56 Å². The highest BCUT2D eigenvalue weighted by Gasteiger charge is 2.34. The molecule has 11 heteroatoms. The van der Waals surface area contributed by atoms with Crippen LogP contribution in [0.25, 0.3) is 16.9 Å². The number of nitrogens with one attached hydrogen (secondary N) is 3. The first-order valence-corrected chi connectivity index (χ1v) is 8.42. The molecule has 0 fully saturated rings. The van der Waals surface area contributed by atoms with Crippen LogP contribution in [0.3, 0.4) is 0 Å². The van der Waals surface area contributed by atoms with E-state index in [1.165, 1.54) is 47.4 Å². The molecule has 1 amide bonds. The van der Waals surface area contributed by atoms with Crippen molar-refractivity contribution in [1.82, 2.24) is 30.8 Å². The zero-order valence-corrected chi connectivity index (χ0v) is 14.9. The lowest BCUT2D eigenvalue weighted by atomic mass is 10.0. The molecule has 3 N–H and O–H groups in total. The van der Waals surface area contributed by atoms with Gasteiger partial charge in [-0.2, -0.15) is 18.3 Å². The number of carbonyl (C=O) groups excluding carboxylic acids is 1. The quantitative estimate of drug-likeness (QED) is 0.626. The van der Waals surface area contributed by atoms with Gasteiger partial charge in [0.15, 0.2) is 17.2 Å². The second kappa shape index (κ2) is 6.93. The number of alkyl halides is 3. The van der Waals surface area contributed by atoms with Crippen LogP contribution in [0.4, 0.5) is 13.2 Å². The number of aromatic nitrogens is 3. The van der Waals surface area contributed by atoms with Crippen molar-refractivity contribution < 1.29 is 18.0 Å². The fraction of sp³-hybridized carbons (Fsp3) is 0.111. The van der Waals surface area contributed by atoms with Crippen molar-refractivity contribution in [3.05, 3.63) is 65.4 Å². The SMILES string of the molecule is Cc1nc2ccc(-c3ccccc3C(F)(F)F)nn2c1C(=O)NC1=CNNC=N1. The summed E-state index contributed by atoms with van der Waals surface area (Å²) in [5.41, 5.74) is 5.26. The summed E-state index contributed by atoms with van der Waals surface area (Å²) in [5.74, 6) is -0.294. The number of amides is 1. The number of nitrogens with zero attached hydrogens (tertiary/aromatic N) is 4. The number of aliphatic imine (C=N–C) groups is 1. The Bertz CT molecular complexity index is 1160. The molecule has 0 unspecified atom stereocenters. The van der Waals surface area contributed by atoms with Gasteiger partial charge in [0.2, 0.25) is 0 Å². The zero-order valence-electron chi connectivity index (χ0n) is 14.9. The zero-order chi connectivity index (χ0) is 20.6. The molecule has 3 aromatic rings. The first-order chi connectivity index (χ1) is 13.8. The van der Waals surface area contributed by atoms with Crippen molar-refractivity contribution in [3.8, 4) is 11.3 Å². The molecule has 1 aliphatic heterocycles. The third-order valence-corrected chi connectivity index (χ3v) is 4.18. The molecule has 8 nitrogen and oxygen atoms in total. The number of hydrazine groups is 1. The molecule has 0 atom stereocenters. The van der Waals surface area contributed by atoms with Crippen LogP contribution in [-0.4, -0.2) is 26.8 Å². The Balaban J connectivity index is 1.79. The summed E-state index contributed by atoms with van der Waals surface area (Å²) >= 11 is 0. The van der Waals surface area contributed by atoms with E-state index in [2.05, 4.69) is 31.2 Å². The van der Waals surface area contributed by atoms with Gasteiger partial charge in [-0.3, -0.25) is 10.2 Å². The molecule has 1 aromatic carbocycles. The van der Waals surface area contributed by atoms with Crippen LogP contribution in [0.2, 0.25) is 0 Å². The maximum absolute atomic E-state index is 13.4. The summed E-state index contributed by atoms with van der Waals surface area (Å²) in [5, 5.41) is 6.85. The average Bonchev–Trinajstić information content (AvgIpc) is 3.03. The van der Waals surface area contributed by atoms with Crippen LogP contribution >= 0.6 is 0 Å². The van der Waals surface area contributed by atoms with Gasteiger partial charge < -0.3 is 10.7 Å². The van der Waals surface area contributed by atoms with E-state index in [4.69, 9.17) is 0 Å². The highest BCUT2D eigenvalue weighted by atomic mass is 19.4. The molecule has 0 aliphatic carbocycles. The molecule has 0 saturated heterocycles. The fourth-order valence-corrected chi connectivity index (χ4v) is 2.93. The van der Waals surface area contributed by atoms with Crippen LogP contribution in [0.1, 0.15) is 21.7 Å². The van der Waals surface area contributed by atoms with E-state index in [1.54, 1.807) is 6.92 Å². The largest absolute Gasteiger partial charge is 0.417 e. The van der Waals surface area contributed by atoms with E-state index in [0.717, 1.165) is 6.07 Å². The lowest BCUT2D eigenvalue weighted by Crippen LogP contribution is -2.33. The van der Waals surface area contributed by atoms with Gasteiger partial charge in [-0.1, -0.05) is 18.2 Å². The molecule has 0 saturated carbocycles. The van der Waals surface area contributed by atoms with Gasteiger partial charge in [-0.25, -0.2) is 14.5 Å². The standard InChI is InChI=1S/C18H14F3N7O/c1-10-16(17(29)26-14-8-23-24-9-22-14)28-15(25-10)7-6-13(27-28)11-4-2-3-5-12(11)18(19,20)21/h2-9,23H,1H3,(H,22,24)(H,26,29). The number of imidazole rings is 1. The number of fused-ring (bicyclic) bond motifs is 1. The molecule has 0 spiro atoms. The molecule has 29 heavy (non-hydrogen) atoms. The summed E-state index contributed by atoms with van der Waals surface area (Å²) in [6.45, 7) is 1.62. The normalized spacial score (nSPS) is 13.6. The predicted octanol–water partition coefficient (Wildman–Crippen LogP) is 2.39. The van der Waals surface area contributed by atoms with Gasteiger partial charge in [-0.15, -0.1) is 0 Å². The number of aryl methyl sites for hydroxylation is 1. The van der Waals surface area contributed by atoms with Crippen LogP contribution in [0.15, 0.2) is 53.4 Å². The number of rotatable bonds is 3. The summed E-state index contributed by atoms with van der Waals surface area (Å²) in [6, 6.07) is 8.09. The van der Waals surface area contributed by atoms with Gasteiger partial charge in [-0.05, 0) is 25.1 Å². The van der Waals surface area contributed by atoms with Gasteiger partial charge >= 0.3 is 6.18 Å². The minimum Gasteiger partial charge on any atom is -0.304 e. The van der Waals surface area contributed by atoms with Gasteiger partial charge in [0.25, 0.3) is 5.91 Å². The Morgan fingerprint density at radius 2 is 1.93 bits per heavy atom. The Kier molecular flexibility index (Phi) is 4.41. The monoisotopic (exact) mass is 401 g/mol.